The van der Waals surface area contributed by atoms with Crippen LogP contribution in [0, 0.1) is 0 Å². The molecule has 5 nitrogen and oxygen atoms in total. The van der Waals surface area contributed by atoms with Crippen LogP contribution in [0.25, 0.3) is 0 Å². The number of hydrazone groups is 1. The quantitative estimate of drug-likeness (QED) is 0.367. The lowest BCUT2D eigenvalue weighted by atomic mass is 10.2. The van der Waals surface area contributed by atoms with Crippen LogP contribution in [0.15, 0.2) is 84.0 Å². The predicted molar refractivity (Wildman–Crippen MR) is 113 cm³/mol. The van der Waals surface area contributed by atoms with Crippen LogP contribution < -0.4 is 20.2 Å². The Morgan fingerprint density at radius 1 is 0.889 bits per heavy atom. The lowest BCUT2D eigenvalue weighted by Crippen LogP contribution is -2.24. The molecule has 0 aliphatic heterocycles. The van der Waals surface area contributed by atoms with Crippen molar-refractivity contribution in [2.45, 2.75) is 0 Å². The minimum atomic E-state index is 0.375. The van der Waals surface area contributed by atoms with Gasteiger partial charge in [-0.1, -0.05) is 30.3 Å². The molecular weight excluding hydrogens is 358 g/mol. The molecule has 0 atom stereocenters. The SMILES string of the molecule is COc1ccccc1NC(=S)N/N=C/c1ccc(Oc2ccccc2)cc1. The Morgan fingerprint density at radius 3 is 2.30 bits per heavy atom. The molecule has 0 aliphatic rings. The summed E-state index contributed by atoms with van der Waals surface area (Å²) < 4.78 is 11.0. The second-order valence-corrected chi connectivity index (χ2v) is 5.92. The van der Waals surface area contributed by atoms with Crippen LogP contribution in [0.3, 0.4) is 0 Å². The monoisotopic (exact) mass is 377 g/mol. The van der Waals surface area contributed by atoms with Gasteiger partial charge in [0.15, 0.2) is 5.11 Å². The van der Waals surface area contributed by atoms with Gasteiger partial charge in [0, 0.05) is 0 Å². The lowest BCUT2D eigenvalue weighted by molar-refractivity contribution is 0.417. The van der Waals surface area contributed by atoms with E-state index < -0.39 is 0 Å². The molecule has 6 heteroatoms. The van der Waals surface area contributed by atoms with Crippen molar-refractivity contribution < 1.29 is 9.47 Å². The van der Waals surface area contributed by atoms with Crippen molar-refractivity contribution in [1.82, 2.24) is 5.43 Å². The lowest BCUT2D eigenvalue weighted by Gasteiger charge is -2.10. The van der Waals surface area contributed by atoms with Crippen molar-refractivity contribution in [2.24, 2.45) is 5.10 Å². The van der Waals surface area contributed by atoms with Gasteiger partial charge in [-0.2, -0.15) is 5.10 Å². The molecule has 0 radical (unpaired) electrons. The van der Waals surface area contributed by atoms with Crippen LogP contribution in [0.4, 0.5) is 5.69 Å². The van der Waals surface area contributed by atoms with Gasteiger partial charge in [-0.25, -0.2) is 0 Å². The van der Waals surface area contributed by atoms with Gasteiger partial charge in [-0.05, 0) is 66.3 Å². The fourth-order valence-electron chi connectivity index (χ4n) is 2.31. The number of rotatable bonds is 6. The summed E-state index contributed by atoms with van der Waals surface area (Å²) in [5.41, 5.74) is 4.48. The van der Waals surface area contributed by atoms with Crippen LogP contribution in [0.1, 0.15) is 5.56 Å². The van der Waals surface area contributed by atoms with Crippen molar-refractivity contribution in [1.29, 1.82) is 0 Å². The van der Waals surface area contributed by atoms with E-state index in [1.165, 1.54) is 0 Å². The van der Waals surface area contributed by atoms with Gasteiger partial charge in [0.05, 0.1) is 19.0 Å². The first-order chi connectivity index (χ1) is 13.2. The highest BCUT2D eigenvalue weighted by molar-refractivity contribution is 7.80. The van der Waals surface area contributed by atoms with Gasteiger partial charge in [-0.15, -0.1) is 0 Å². The first kappa shape index (κ1) is 18.4. The van der Waals surface area contributed by atoms with E-state index in [0.29, 0.717) is 10.9 Å². The molecule has 3 rings (SSSR count). The zero-order valence-electron chi connectivity index (χ0n) is 14.8. The normalized spacial score (nSPS) is 10.4. The number of anilines is 1. The van der Waals surface area contributed by atoms with E-state index in [-0.39, 0.29) is 0 Å². The van der Waals surface area contributed by atoms with Crippen molar-refractivity contribution in [2.75, 3.05) is 12.4 Å². The van der Waals surface area contributed by atoms with E-state index in [4.69, 9.17) is 21.7 Å². The molecule has 0 spiro atoms. The van der Waals surface area contributed by atoms with Crippen molar-refractivity contribution in [3.63, 3.8) is 0 Å². The highest BCUT2D eigenvalue weighted by atomic mass is 32.1. The summed E-state index contributed by atoms with van der Waals surface area (Å²) in [5.74, 6) is 2.27. The van der Waals surface area contributed by atoms with E-state index >= 15 is 0 Å². The van der Waals surface area contributed by atoms with Crippen LogP contribution in [0.2, 0.25) is 0 Å². The molecule has 0 heterocycles. The highest BCUT2D eigenvalue weighted by Gasteiger charge is 2.02. The minimum Gasteiger partial charge on any atom is -0.495 e. The summed E-state index contributed by atoms with van der Waals surface area (Å²) in [7, 11) is 1.61. The van der Waals surface area contributed by atoms with Crippen molar-refractivity contribution >= 4 is 29.2 Å². The number of para-hydroxylation sites is 3. The predicted octanol–water partition coefficient (Wildman–Crippen LogP) is 4.81. The average Bonchev–Trinajstić information content (AvgIpc) is 2.70. The Hall–Kier alpha value is -3.38. The first-order valence-electron chi connectivity index (χ1n) is 8.30. The van der Waals surface area contributed by atoms with Crippen molar-refractivity contribution in [3.05, 3.63) is 84.4 Å². The van der Waals surface area contributed by atoms with Crippen molar-refractivity contribution in [3.8, 4) is 17.2 Å². The van der Waals surface area contributed by atoms with Gasteiger partial charge >= 0.3 is 0 Å². The Balaban J connectivity index is 1.52. The molecule has 0 aromatic heterocycles. The summed E-state index contributed by atoms with van der Waals surface area (Å²) in [6.45, 7) is 0. The summed E-state index contributed by atoms with van der Waals surface area (Å²) in [6.07, 6.45) is 1.68. The van der Waals surface area contributed by atoms with Gasteiger partial charge in [0.25, 0.3) is 0 Å². The highest BCUT2D eigenvalue weighted by Crippen LogP contribution is 2.23. The Labute approximate surface area is 163 Å². The molecule has 0 bridgehead atoms. The third-order valence-corrected chi connectivity index (χ3v) is 3.79. The first-order valence-corrected chi connectivity index (χ1v) is 8.71. The maximum Gasteiger partial charge on any atom is 0.191 e. The Bertz CT molecular complexity index is 912. The zero-order chi connectivity index (χ0) is 18.9. The largest absolute Gasteiger partial charge is 0.495 e. The molecule has 27 heavy (non-hydrogen) atoms. The molecule has 3 aromatic carbocycles. The fourth-order valence-corrected chi connectivity index (χ4v) is 2.47. The Kier molecular flexibility index (Phi) is 6.38. The molecule has 136 valence electrons. The molecule has 2 N–H and O–H groups in total. The third-order valence-electron chi connectivity index (χ3n) is 3.59. The van der Waals surface area contributed by atoms with E-state index in [1.54, 1.807) is 13.3 Å². The summed E-state index contributed by atoms with van der Waals surface area (Å²) >= 11 is 5.24. The number of methoxy groups -OCH3 is 1. The molecule has 0 fully saturated rings. The molecule has 0 saturated carbocycles. The zero-order valence-corrected chi connectivity index (χ0v) is 15.6. The second-order valence-electron chi connectivity index (χ2n) is 5.51. The molecule has 0 amide bonds. The van der Waals surface area contributed by atoms with Gasteiger partial charge in [0.1, 0.15) is 17.2 Å². The second kappa shape index (κ2) is 9.35. The average molecular weight is 377 g/mol. The number of benzene rings is 3. The van der Waals surface area contributed by atoms with Crippen LogP contribution >= 0.6 is 12.2 Å². The maximum absolute atomic E-state index is 5.76. The van der Waals surface area contributed by atoms with E-state index in [9.17, 15) is 0 Å². The Morgan fingerprint density at radius 2 is 1.56 bits per heavy atom. The number of nitrogens with one attached hydrogen (secondary N) is 2. The summed E-state index contributed by atoms with van der Waals surface area (Å²) in [6, 6.07) is 24.8. The van der Waals surface area contributed by atoms with E-state index in [0.717, 1.165) is 22.7 Å². The topological polar surface area (TPSA) is 54.9 Å². The molecular formula is C21H19N3O2S. The fraction of sp³-hybridized carbons (Fsp3) is 0.0476. The van der Waals surface area contributed by atoms with E-state index in [1.807, 2.05) is 78.9 Å². The molecule has 0 aliphatic carbocycles. The summed E-state index contributed by atoms with van der Waals surface area (Å²) in [4.78, 5) is 0. The smallest absolute Gasteiger partial charge is 0.191 e. The number of ether oxygens (including phenoxy) is 2. The van der Waals surface area contributed by atoms with Gasteiger partial charge in [0.2, 0.25) is 0 Å². The van der Waals surface area contributed by atoms with Gasteiger partial charge in [-0.3, -0.25) is 5.43 Å². The number of thiocarbonyl (C=S) groups is 1. The van der Waals surface area contributed by atoms with Crippen LogP contribution in [0.5, 0.6) is 17.2 Å². The molecule has 0 saturated heterocycles. The summed E-state index contributed by atoms with van der Waals surface area (Å²) in [5, 5.41) is 7.57. The van der Waals surface area contributed by atoms with Crippen LogP contribution in [-0.4, -0.2) is 18.4 Å². The van der Waals surface area contributed by atoms with E-state index in [2.05, 4.69) is 15.8 Å². The standard InChI is InChI=1S/C21H19N3O2S/c1-25-20-10-6-5-9-19(20)23-21(27)24-22-15-16-11-13-18(14-12-16)26-17-7-3-2-4-8-17/h2-15H,1H3,(H2,23,24,27)/b22-15+. The minimum absolute atomic E-state index is 0.375. The number of hydrogen-bond acceptors (Lipinski definition) is 4. The number of hydrogen-bond donors (Lipinski definition) is 2. The number of nitrogens with zero attached hydrogens (tertiary/aromatic N) is 1. The molecule has 0 unspecified atom stereocenters. The van der Waals surface area contributed by atoms with Crippen LogP contribution in [-0.2, 0) is 0 Å². The molecule has 3 aromatic rings. The van der Waals surface area contributed by atoms with Gasteiger partial charge < -0.3 is 14.8 Å². The maximum atomic E-state index is 5.76. The third kappa shape index (κ3) is 5.55.